The largest absolute Gasteiger partial charge is 0.692 e. The van der Waals surface area contributed by atoms with Gasteiger partial charge in [0.15, 0.2) is 0 Å². The van der Waals surface area contributed by atoms with Gasteiger partial charge in [-0.25, -0.2) is 0 Å². The molecule has 0 bridgehead atoms. The van der Waals surface area contributed by atoms with Gasteiger partial charge in [-0.15, -0.1) is 9.79 Å². The Morgan fingerprint density at radius 3 is 1.75 bits per heavy atom. The highest BCUT2D eigenvalue weighted by molar-refractivity contribution is 7.51. The van der Waals surface area contributed by atoms with E-state index < -0.39 is 15.9 Å². The van der Waals surface area contributed by atoms with Crippen molar-refractivity contribution in [3.63, 3.8) is 0 Å². The van der Waals surface area contributed by atoms with Crippen molar-refractivity contribution in [3.05, 3.63) is 0 Å². The first-order valence-corrected chi connectivity index (χ1v) is 5.85. The average Bonchev–Trinajstić information content (AvgIpc) is 1.80. The molecule has 0 rings (SSSR count). The van der Waals surface area contributed by atoms with Gasteiger partial charge in [0.2, 0.25) is 0 Å². The van der Waals surface area contributed by atoms with Gasteiger partial charge in [-0.1, -0.05) is 0 Å². The van der Waals surface area contributed by atoms with Crippen molar-refractivity contribution in [2.24, 2.45) is 5.73 Å². The second-order valence-electron chi connectivity index (χ2n) is 1.78. The minimum atomic E-state index is -3.76. The van der Waals surface area contributed by atoms with E-state index in [1.165, 1.54) is 0 Å². The number of hydrogen-bond donors (Lipinski definition) is 5. The lowest BCUT2D eigenvalue weighted by Gasteiger charge is -1.98. The van der Waals surface area contributed by atoms with Gasteiger partial charge >= 0.3 is 15.9 Å². The average molecular weight is 220 g/mol. The molecular weight excluding hydrogens is 208 g/mol. The molecule has 0 radical (unpaired) electrons. The Balaban J connectivity index is 0. The Morgan fingerprint density at radius 2 is 1.67 bits per heavy atom. The van der Waals surface area contributed by atoms with Crippen LogP contribution in [0.15, 0.2) is 0 Å². The van der Waals surface area contributed by atoms with Crippen LogP contribution in [-0.2, 0) is 9.13 Å². The lowest BCUT2D eigenvalue weighted by atomic mass is 10.5. The molecule has 12 heavy (non-hydrogen) atoms. The summed E-state index contributed by atoms with van der Waals surface area (Å²) >= 11 is 0. The van der Waals surface area contributed by atoms with Crippen LogP contribution in [0.3, 0.4) is 0 Å². The highest BCUT2D eigenvalue weighted by atomic mass is 31.2. The monoisotopic (exact) mass is 220 g/mol. The van der Waals surface area contributed by atoms with Crippen LogP contribution >= 0.6 is 15.9 Å². The molecule has 7 nitrogen and oxygen atoms in total. The highest BCUT2D eigenvalue weighted by Crippen LogP contribution is 2.34. The molecule has 0 amide bonds. The fourth-order valence-electron chi connectivity index (χ4n) is 0.297. The molecule has 0 aliphatic heterocycles. The summed E-state index contributed by atoms with van der Waals surface area (Å²) in [4.78, 5) is 30.6. The standard InChI is InChI=1S/C3H10NO3P.HO3P/c4-2-1-3-8(5,6)7;1-4(2)3/h1-4H2,(H2,5,6,7);(H-,1,2,3)/p+1. The molecule has 0 saturated carbocycles. The summed E-state index contributed by atoms with van der Waals surface area (Å²) in [5.74, 6) is 0. The minimum absolute atomic E-state index is 0.0938. The SMILES string of the molecule is NCCCP(=O)(O)O.O=[P+](O)O. The molecule has 0 aliphatic carbocycles. The normalized spacial score (nSPS) is 10.1. The van der Waals surface area contributed by atoms with Gasteiger partial charge in [-0.05, 0) is 13.0 Å². The minimum Gasteiger partial charge on any atom is -0.330 e. The Bertz CT molecular complexity index is 162. The van der Waals surface area contributed by atoms with E-state index in [9.17, 15) is 4.57 Å². The number of hydrogen-bond acceptors (Lipinski definition) is 3. The summed E-state index contributed by atoms with van der Waals surface area (Å²) in [7, 11) is -6.63. The summed E-state index contributed by atoms with van der Waals surface area (Å²) in [5.41, 5.74) is 4.99. The van der Waals surface area contributed by atoms with Crippen LogP contribution in [0.1, 0.15) is 6.42 Å². The predicted octanol–water partition coefficient (Wildman–Crippen LogP) is -0.859. The van der Waals surface area contributed by atoms with Gasteiger partial charge in [-0.3, -0.25) is 4.57 Å². The molecule has 0 aliphatic rings. The van der Waals surface area contributed by atoms with Crippen molar-refractivity contribution in [3.8, 4) is 0 Å². The molecule has 0 heterocycles. The molecule has 0 saturated heterocycles. The molecule has 0 aromatic carbocycles. The van der Waals surface area contributed by atoms with Crippen molar-refractivity contribution < 1.29 is 28.7 Å². The van der Waals surface area contributed by atoms with Crippen molar-refractivity contribution in [1.29, 1.82) is 0 Å². The number of nitrogens with two attached hydrogens (primary N) is 1. The van der Waals surface area contributed by atoms with Crippen LogP contribution in [0.4, 0.5) is 0 Å². The topological polar surface area (TPSA) is 141 Å². The lowest BCUT2D eigenvalue weighted by molar-refractivity contribution is 0.372. The van der Waals surface area contributed by atoms with Crippen LogP contribution in [0.2, 0.25) is 0 Å². The first-order valence-electron chi connectivity index (χ1n) is 2.89. The van der Waals surface area contributed by atoms with Crippen molar-refractivity contribution in [2.45, 2.75) is 6.42 Å². The highest BCUT2D eigenvalue weighted by Gasteiger charge is 2.09. The molecule has 0 atom stereocenters. The van der Waals surface area contributed by atoms with E-state index in [0.29, 0.717) is 13.0 Å². The summed E-state index contributed by atoms with van der Waals surface area (Å²) in [6.45, 7) is 0.338. The molecule has 0 fully saturated rings. The number of rotatable bonds is 3. The maximum atomic E-state index is 10.0. The summed E-state index contributed by atoms with van der Waals surface area (Å²) < 4.78 is 18.7. The smallest absolute Gasteiger partial charge is 0.330 e. The van der Waals surface area contributed by atoms with Gasteiger partial charge in [0, 0.05) is 4.57 Å². The maximum absolute atomic E-state index is 10.0. The van der Waals surface area contributed by atoms with Crippen molar-refractivity contribution in [1.82, 2.24) is 0 Å². The van der Waals surface area contributed by atoms with Gasteiger partial charge in [-0.2, -0.15) is 0 Å². The van der Waals surface area contributed by atoms with Crippen LogP contribution in [0.25, 0.3) is 0 Å². The van der Waals surface area contributed by atoms with Gasteiger partial charge in [0.1, 0.15) is 0 Å². The third kappa shape index (κ3) is 32.1. The fourth-order valence-corrected chi connectivity index (χ4v) is 0.892. The molecule has 0 spiro atoms. The van der Waals surface area contributed by atoms with E-state index in [1.54, 1.807) is 0 Å². The fraction of sp³-hybridized carbons (Fsp3) is 1.00. The molecule has 74 valence electrons. The molecule has 9 heteroatoms. The van der Waals surface area contributed by atoms with Crippen molar-refractivity contribution >= 4 is 15.9 Å². The Morgan fingerprint density at radius 1 is 1.33 bits per heavy atom. The van der Waals surface area contributed by atoms with E-state index in [0.717, 1.165) is 0 Å². The zero-order chi connectivity index (χ0) is 10.2. The van der Waals surface area contributed by atoms with Gasteiger partial charge in [0.05, 0.1) is 6.16 Å². The molecule has 0 aromatic heterocycles. The van der Waals surface area contributed by atoms with E-state index >= 15 is 0 Å². The predicted molar refractivity (Wildman–Crippen MR) is 42.6 cm³/mol. The van der Waals surface area contributed by atoms with Crippen LogP contribution in [0, 0.1) is 0 Å². The third-order valence-corrected chi connectivity index (χ3v) is 1.55. The summed E-state index contributed by atoms with van der Waals surface area (Å²) in [6, 6.07) is 0. The lowest BCUT2D eigenvalue weighted by Crippen LogP contribution is -2.01. The van der Waals surface area contributed by atoms with Gasteiger partial charge < -0.3 is 15.5 Å². The molecule has 0 unspecified atom stereocenters. The zero-order valence-corrected chi connectivity index (χ0v) is 7.99. The van der Waals surface area contributed by atoms with E-state index in [4.69, 9.17) is 29.9 Å². The van der Waals surface area contributed by atoms with Crippen LogP contribution < -0.4 is 5.73 Å². The Kier molecular flexibility index (Phi) is 9.47. The Hall–Kier alpha value is 0.130. The third-order valence-electron chi connectivity index (χ3n) is 0.654. The van der Waals surface area contributed by atoms with Crippen LogP contribution in [-0.4, -0.2) is 32.3 Å². The van der Waals surface area contributed by atoms with E-state index in [-0.39, 0.29) is 6.16 Å². The summed E-state index contributed by atoms with van der Waals surface area (Å²) in [5, 5.41) is 0. The second kappa shape index (κ2) is 7.76. The van der Waals surface area contributed by atoms with Crippen LogP contribution in [0.5, 0.6) is 0 Å². The first kappa shape index (κ1) is 14.6. The molecule has 0 aromatic rings. The molecule has 6 N–H and O–H groups in total. The second-order valence-corrected chi connectivity index (χ2v) is 4.07. The van der Waals surface area contributed by atoms with E-state index in [1.807, 2.05) is 0 Å². The maximum Gasteiger partial charge on any atom is 0.692 e. The Labute approximate surface area is 70.3 Å². The van der Waals surface area contributed by atoms with Gasteiger partial charge in [0.25, 0.3) is 0 Å². The summed E-state index contributed by atoms with van der Waals surface area (Å²) in [6.07, 6.45) is 0.299. The zero-order valence-electron chi connectivity index (χ0n) is 6.20. The quantitative estimate of drug-likeness (QED) is 0.389. The van der Waals surface area contributed by atoms with Crippen molar-refractivity contribution in [2.75, 3.05) is 12.7 Å². The van der Waals surface area contributed by atoms with E-state index in [2.05, 4.69) is 0 Å². The molecular formula is C3H12NO6P2+. The first-order chi connectivity index (χ1) is 5.29.